The predicted octanol–water partition coefficient (Wildman–Crippen LogP) is 3.28. The highest BCUT2D eigenvalue weighted by atomic mass is 16.5. The quantitative estimate of drug-likeness (QED) is 0.803. The number of benzene rings is 1. The number of aryl methyl sites for hydroxylation is 3. The standard InChI is InChI=1S/C19H23N3O3/c1-13-19(22-8-4-5-15(22)12-20)25-18(21-13)7-6-14-9-16(23-2)11-17(10-14)24-3/h9-11,15H,4-8H2,1-3H3/t15-/m0/s1. The van der Waals surface area contributed by atoms with Crippen LogP contribution < -0.4 is 14.4 Å². The van der Waals surface area contributed by atoms with E-state index in [2.05, 4.69) is 11.1 Å². The third kappa shape index (κ3) is 3.71. The van der Waals surface area contributed by atoms with E-state index in [1.54, 1.807) is 14.2 Å². The van der Waals surface area contributed by atoms with E-state index in [1.165, 1.54) is 0 Å². The lowest BCUT2D eigenvalue weighted by Gasteiger charge is -2.18. The van der Waals surface area contributed by atoms with Crippen LogP contribution in [0.5, 0.6) is 11.5 Å². The Bertz CT molecular complexity index is 756. The second kappa shape index (κ2) is 7.47. The zero-order valence-electron chi connectivity index (χ0n) is 14.9. The van der Waals surface area contributed by atoms with Crippen molar-refractivity contribution in [2.75, 3.05) is 25.7 Å². The van der Waals surface area contributed by atoms with E-state index in [0.717, 1.165) is 54.4 Å². The van der Waals surface area contributed by atoms with Gasteiger partial charge in [-0.3, -0.25) is 0 Å². The smallest absolute Gasteiger partial charge is 0.220 e. The minimum Gasteiger partial charge on any atom is -0.497 e. The Morgan fingerprint density at radius 3 is 2.60 bits per heavy atom. The van der Waals surface area contributed by atoms with Crippen molar-refractivity contribution >= 4 is 5.88 Å². The van der Waals surface area contributed by atoms with Gasteiger partial charge in [0.1, 0.15) is 23.2 Å². The summed E-state index contributed by atoms with van der Waals surface area (Å²) in [6.45, 7) is 2.78. The number of nitriles is 1. The fraction of sp³-hybridized carbons (Fsp3) is 0.474. The van der Waals surface area contributed by atoms with Crippen LogP contribution in [0.25, 0.3) is 0 Å². The number of methoxy groups -OCH3 is 2. The highest BCUT2D eigenvalue weighted by Crippen LogP contribution is 2.30. The molecule has 0 N–H and O–H groups in total. The molecule has 1 fully saturated rings. The Morgan fingerprint density at radius 1 is 1.24 bits per heavy atom. The van der Waals surface area contributed by atoms with E-state index < -0.39 is 0 Å². The van der Waals surface area contributed by atoms with Crippen LogP contribution in [0, 0.1) is 18.3 Å². The van der Waals surface area contributed by atoms with Crippen molar-refractivity contribution in [2.45, 2.75) is 38.6 Å². The molecule has 1 aliphatic heterocycles. The molecule has 1 aromatic carbocycles. The molecule has 0 aliphatic carbocycles. The summed E-state index contributed by atoms with van der Waals surface area (Å²) < 4.78 is 16.6. The minimum absolute atomic E-state index is 0.109. The molecule has 1 aromatic heterocycles. The molecule has 0 unspecified atom stereocenters. The summed E-state index contributed by atoms with van der Waals surface area (Å²) >= 11 is 0. The van der Waals surface area contributed by atoms with Gasteiger partial charge in [0, 0.05) is 19.0 Å². The van der Waals surface area contributed by atoms with Gasteiger partial charge in [0.25, 0.3) is 0 Å². The van der Waals surface area contributed by atoms with Crippen LogP contribution in [-0.4, -0.2) is 31.8 Å². The summed E-state index contributed by atoms with van der Waals surface area (Å²) in [7, 11) is 3.29. The van der Waals surface area contributed by atoms with Gasteiger partial charge in [0.05, 0.1) is 20.3 Å². The normalized spacial score (nSPS) is 16.7. The lowest BCUT2D eigenvalue weighted by atomic mass is 10.1. The number of nitrogens with zero attached hydrogens (tertiary/aromatic N) is 3. The molecule has 132 valence electrons. The lowest BCUT2D eigenvalue weighted by Crippen LogP contribution is -2.27. The maximum atomic E-state index is 9.27. The monoisotopic (exact) mass is 341 g/mol. The van der Waals surface area contributed by atoms with Crippen molar-refractivity contribution in [1.82, 2.24) is 4.98 Å². The maximum Gasteiger partial charge on any atom is 0.220 e. The van der Waals surface area contributed by atoms with Crippen LogP contribution in [0.15, 0.2) is 22.6 Å². The van der Waals surface area contributed by atoms with Gasteiger partial charge in [0.2, 0.25) is 5.88 Å². The molecule has 0 bridgehead atoms. The van der Waals surface area contributed by atoms with E-state index >= 15 is 0 Å². The van der Waals surface area contributed by atoms with E-state index in [1.807, 2.05) is 30.0 Å². The van der Waals surface area contributed by atoms with Crippen molar-refractivity contribution in [3.8, 4) is 17.6 Å². The van der Waals surface area contributed by atoms with Crippen LogP contribution in [-0.2, 0) is 12.8 Å². The molecule has 1 saturated heterocycles. The summed E-state index contributed by atoms with van der Waals surface area (Å²) in [4.78, 5) is 6.57. The number of ether oxygens (including phenoxy) is 2. The Balaban J connectivity index is 1.72. The Hall–Kier alpha value is -2.68. The Labute approximate surface area is 148 Å². The summed E-state index contributed by atoms with van der Waals surface area (Å²) in [6.07, 6.45) is 3.35. The second-order valence-corrected chi connectivity index (χ2v) is 6.20. The number of hydrogen-bond acceptors (Lipinski definition) is 6. The third-order valence-electron chi connectivity index (χ3n) is 4.52. The van der Waals surface area contributed by atoms with E-state index in [4.69, 9.17) is 13.9 Å². The molecule has 6 nitrogen and oxygen atoms in total. The molecule has 0 saturated carbocycles. The van der Waals surface area contributed by atoms with Gasteiger partial charge >= 0.3 is 0 Å². The van der Waals surface area contributed by atoms with Crippen molar-refractivity contribution in [1.29, 1.82) is 5.26 Å². The van der Waals surface area contributed by atoms with Crippen molar-refractivity contribution in [3.05, 3.63) is 35.3 Å². The largest absolute Gasteiger partial charge is 0.497 e. The molecule has 1 aliphatic rings. The number of oxazole rings is 1. The van der Waals surface area contributed by atoms with Gasteiger partial charge < -0.3 is 18.8 Å². The average Bonchev–Trinajstić information content (AvgIpc) is 3.25. The van der Waals surface area contributed by atoms with Crippen LogP contribution in [0.1, 0.15) is 30.0 Å². The van der Waals surface area contributed by atoms with Gasteiger partial charge in [-0.1, -0.05) is 0 Å². The highest BCUT2D eigenvalue weighted by molar-refractivity contribution is 5.45. The molecule has 6 heteroatoms. The number of rotatable bonds is 6. The topological polar surface area (TPSA) is 71.5 Å². The van der Waals surface area contributed by atoms with E-state index in [9.17, 15) is 5.26 Å². The van der Waals surface area contributed by atoms with Crippen molar-refractivity contribution < 1.29 is 13.9 Å². The summed E-state index contributed by atoms with van der Waals surface area (Å²) in [5.74, 6) is 2.97. The van der Waals surface area contributed by atoms with Crippen LogP contribution in [0.4, 0.5) is 5.88 Å². The van der Waals surface area contributed by atoms with E-state index in [-0.39, 0.29) is 6.04 Å². The van der Waals surface area contributed by atoms with Gasteiger partial charge in [-0.15, -0.1) is 0 Å². The first-order valence-electron chi connectivity index (χ1n) is 8.49. The fourth-order valence-electron chi connectivity index (χ4n) is 3.22. The molecule has 3 rings (SSSR count). The van der Waals surface area contributed by atoms with E-state index in [0.29, 0.717) is 12.3 Å². The number of hydrogen-bond donors (Lipinski definition) is 0. The number of anilines is 1. The van der Waals surface area contributed by atoms with Gasteiger partial charge in [-0.25, -0.2) is 4.98 Å². The summed E-state index contributed by atoms with van der Waals surface area (Å²) in [5.41, 5.74) is 1.95. The first-order chi connectivity index (χ1) is 12.1. The van der Waals surface area contributed by atoms with Crippen LogP contribution in [0.3, 0.4) is 0 Å². The average molecular weight is 341 g/mol. The molecule has 2 aromatic rings. The predicted molar refractivity (Wildman–Crippen MR) is 94.2 cm³/mol. The molecular formula is C19H23N3O3. The van der Waals surface area contributed by atoms with Crippen LogP contribution in [0.2, 0.25) is 0 Å². The third-order valence-corrected chi connectivity index (χ3v) is 4.52. The zero-order valence-corrected chi connectivity index (χ0v) is 14.9. The fourth-order valence-corrected chi connectivity index (χ4v) is 3.22. The molecule has 0 spiro atoms. The lowest BCUT2D eigenvalue weighted by molar-refractivity contribution is 0.393. The molecule has 2 heterocycles. The van der Waals surface area contributed by atoms with Crippen LogP contribution >= 0.6 is 0 Å². The van der Waals surface area contributed by atoms with Gasteiger partial charge in [-0.2, -0.15) is 5.26 Å². The summed E-state index contributed by atoms with van der Waals surface area (Å²) in [5, 5.41) is 9.27. The number of aromatic nitrogens is 1. The molecule has 25 heavy (non-hydrogen) atoms. The first-order valence-corrected chi connectivity index (χ1v) is 8.49. The summed E-state index contributed by atoms with van der Waals surface area (Å²) in [6, 6.07) is 8.07. The Kier molecular flexibility index (Phi) is 5.13. The van der Waals surface area contributed by atoms with Gasteiger partial charge in [-0.05, 0) is 43.9 Å². The van der Waals surface area contributed by atoms with Gasteiger partial charge in [0.15, 0.2) is 5.89 Å². The SMILES string of the molecule is COc1cc(CCc2nc(C)c(N3CCC[C@H]3C#N)o2)cc(OC)c1. The molecular weight excluding hydrogens is 318 g/mol. The molecule has 0 radical (unpaired) electrons. The first kappa shape index (κ1) is 17.2. The molecule has 0 amide bonds. The maximum absolute atomic E-state index is 9.27. The minimum atomic E-state index is -0.109. The second-order valence-electron chi connectivity index (χ2n) is 6.20. The highest BCUT2D eigenvalue weighted by Gasteiger charge is 2.28. The molecule has 1 atom stereocenters. The van der Waals surface area contributed by atoms with Crippen molar-refractivity contribution in [2.24, 2.45) is 0 Å². The zero-order chi connectivity index (χ0) is 17.8. The Morgan fingerprint density at radius 2 is 1.96 bits per heavy atom. The van der Waals surface area contributed by atoms with Crippen molar-refractivity contribution in [3.63, 3.8) is 0 Å².